The highest BCUT2D eigenvalue weighted by atomic mass is 35.5. The van der Waals surface area contributed by atoms with E-state index < -0.39 is 5.97 Å². The quantitative estimate of drug-likeness (QED) is 0.441. The summed E-state index contributed by atoms with van der Waals surface area (Å²) in [6, 6.07) is 14.5. The van der Waals surface area contributed by atoms with Crippen molar-refractivity contribution in [2.24, 2.45) is 0 Å². The van der Waals surface area contributed by atoms with Crippen LogP contribution in [0.3, 0.4) is 0 Å². The third kappa shape index (κ3) is 6.37. The van der Waals surface area contributed by atoms with Crippen LogP contribution < -0.4 is 10.2 Å². The molecule has 0 radical (unpaired) electrons. The Bertz CT molecular complexity index is 850. The first kappa shape index (κ1) is 23.4. The zero-order valence-electron chi connectivity index (χ0n) is 18.4. The second-order valence-corrected chi connectivity index (χ2v) is 8.58. The lowest BCUT2D eigenvalue weighted by Gasteiger charge is -2.37. The van der Waals surface area contributed by atoms with Crippen LogP contribution in [0.4, 0.5) is 17.1 Å². The molecule has 31 heavy (non-hydrogen) atoms. The number of hydrogen-bond donors (Lipinski definition) is 2. The van der Waals surface area contributed by atoms with Crippen LogP contribution in [0, 0.1) is 0 Å². The normalized spacial score (nSPS) is 15.5. The third-order valence-electron chi connectivity index (χ3n) is 5.93. The summed E-state index contributed by atoms with van der Waals surface area (Å²) >= 11 is 6.07. The lowest BCUT2D eigenvalue weighted by Crippen LogP contribution is -2.40. The predicted molar refractivity (Wildman–Crippen MR) is 128 cm³/mol. The Morgan fingerprint density at radius 1 is 1.19 bits per heavy atom. The second kappa shape index (κ2) is 11.4. The Balaban J connectivity index is 2.00. The van der Waals surface area contributed by atoms with Gasteiger partial charge in [-0.15, -0.1) is 0 Å². The van der Waals surface area contributed by atoms with Crippen molar-refractivity contribution in [3.05, 3.63) is 53.1 Å². The summed E-state index contributed by atoms with van der Waals surface area (Å²) < 4.78 is 5.59. The van der Waals surface area contributed by atoms with E-state index in [2.05, 4.69) is 35.3 Å². The number of nitrogens with zero attached hydrogens (tertiary/aromatic N) is 1. The van der Waals surface area contributed by atoms with Gasteiger partial charge in [0.25, 0.3) is 0 Å². The van der Waals surface area contributed by atoms with Crippen molar-refractivity contribution in [3.63, 3.8) is 0 Å². The molecule has 0 amide bonds. The minimum Gasteiger partial charge on any atom is -0.481 e. The van der Waals surface area contributed by atoms with Crippen LogP contribution in [-0.4, -0.2) is 36.9 Å². The van der Waals surface area contributed by atoms with Gasteiger partial charge in [0.1, 0.15) is 0 Å². The van der Waals surface area contributed by atoms with Gasteiger partial charge in [0.05, 0.1) is 17.8 Å². The zero-order chi connectivity index (χ0) is 22.2. The van der Waals surface area contributed by atoms with Crippen LogP contribution in [0.1, 0.15) is 57.4 Å². The molecular weight excluding hydrogens is 412 g/mol. The minimum atomic E-state index is -0.766. The van der Waals surface area contributed by atoms with Crippen molar-refractivity contribution in [2.75, 3.05) is 30.0 Å². The third-order valence-corrected chi connectivity index (χ3v) is 6.19. The van der Waals surface area contributed by atoms with Crippen molar-refractivity contribution in [1.29, 1.82) is 0 Å². The maximum Gasteiger partial charge on any atom is 0.303 e. The van der Waals surface area contributed by atoms with Gasteiger partial charge in [0.2, 0.25) is 0 Å². The van der Waals surface area contributed by atoms with Crippen molar-refractivity contribution < 1.29 is 14.6 Å². The topological polar surface area (TPSA) is 61.8 Å². The lowest BCUT2D eigenvalue weighted by atomic mass is 9.92. The van der Waals surface area contributed by atoms with E-state index in [1.165, 1.54) is 0 Å². The molecule has 1 aliphatic rings. The standard InChI is InChI=1S/C25H33ClN2O3/c1-3-13-28(22-11-14-31-15-12-22)24-10-5-19(18(4-2)17-25(29)30)16-23(24)27-21-8-6-20(26)7-9-21/h5-10,16,18,22,27H,3-4,11-15,17H2,1-2H3,(H,29,30). The molecule has 6 heteroatoms. The Morgan fingerprint density at radius 3 is 2.52 bits per heavy atom. The molecule has 2 aromatic rings. The molecule has 5 nitrogen and oxygen atoms in total. The van der Waals surface area contributed by atoms with Gasteiger partial charge in [-0.25, -0.2) is 0 Å². The van der Waals surface area contributed by atoms with E-state index in [1.807, 2.05) is 31.2 Å². The fourth-order valence-electron chi connectivity index (χ4n) is 4.29. The van der Waals surface area contributed by atoms with Gasteiger partial charge >= 0.3 is 5.97 Å². The Labute approximate surface area is 190 Å². The molecule has 2 aromatic carbocycles. The van der Waals surface area contributed by atoms with Gasteiger partial charge in [-0.05, 0) is 73.6 Å². The number of aliphatic carboxylic acids is 1. The van der Waals surface area contributed by atoms with Crippen LogP contribution in [0.15, 0.2) is 42.5 Å². The number of carboxylic acid groups (broad SMARTS) is 1. The molecule has 3 rings (SSSR count). The van der Waals surface area contributed by atoms with Gasteiger partial charge < -0.3 is 20.1 Å². The number of ether oxygens (including phenoxy) is 1. The summed E-state index contributed by atoms with van der Waals surface area (Å²) in [5.41, 5.74) is 4.16. The van der Waals surface area contributed by atoms with Crippen molar-refractivity contribution >= 4 is 34.6 Å². The number of benzene rings is 2. The van der Waals surface area contributed by atoms with Crippen molar-refractivity contribution in [1.82, 2.24) is 0 Å². The monoisotopic (exact) mass is 444 g/mol. The summed E-state index contributed by atoms with van der Waals surface area (Å²) in [5, 5.41) is 13.6. The largest absolute Gasteiger partial charge is 0.481 e. The fraction of sp³-hybridized carbons (Fsp3) is 0.480. The molecule has 2 N–H and O–H groups in total. The fourth-order valence-corrected chi connectivity index (χ4v) is 4.42. The molecule has 1 unspecified atom stereocenters. The van der Waals surface area contributed by atoms with Gasteiger partial charge in [0.15, 0.2) is 0 Å². The SMILES string of the molecule is CCCN(c1ccc(C(CC)CC(=O)O)cc1Nc1ccc(Cl)cc1)C1CCOCC1. The van der Waals surface area contributed by atoms with Crippen molar-refractivity contribution in [3.8, 4) is 0 Å². The second-order valence-electron chi connectivity index (χ2n) is 8.15. The van der Waals surface area contributed by atoms with Crippen LogP contribution in [0.2, 0.25) is 5.02 Å². The average Bonchev–Trinajstić information content (AvgIpc) is 2.78. The number of anilines is 3. The van der Waals surface area contributed by atoms with E-state index in [9.17, 15) is 9.90 Å². The Hall–Kier alpha value is -2.24. The number of nitrogens with one attached hydrogen (secondary N) is 1. The number of carboxylic acids is 1. The molecule has 0 saturated carbocycles. The number of halogens is 1. The Morgan fingerprint density at radius 2 is 1.90 bits per heavy atom. The molecular formula is C25H33ClN2O3. The maximum atomic E-state index is 11.4. The molecule has 1 fully saturated rings. The van der Waals surface area contributed by atoms with Crippen LogP contribution >= 0.6 is 11.6 Å². The van der Waals surface area contributed by atoms with E-state index in [4.69, 9.17) is 16.3 Å². The van der Waals surface area contributed by atoms with Gasteiger partial charge in [-0.2, -0.15) is 0 Å². The van der Waals surface area contributed by atoms with Crippen LogP contribution in [0.5, 0.6) is 0 Å². The predicted octanol–water partition coefficient (Wildman–Crippen LogP) is 6.45. The number of hydrogen-bond acceptors (Lipinski definition) is 4. The zero-order valence-corrected chi connectivity index (χ0v) is 19.2. The van der Waals surface area contributed by atoms with E-state index in [0.717, 1.165) is 68.1 Å². The highest BCUT2D eigenvalue weighted by Crippen LogP contribution is 2.36. The maximum absolute atomic E-state index is 11.4. The average molecular weight is 445 g/mol. The number of rotatable bonds is 10. The summed E-state index contributed by atoms with van der Waals surface area (Å²) in [4.78, 5) is 13.9. The van der Waals surface area contributed by atoms with E-state index in [0.29, 0.717) is 11.1 Å². The van der Waals surface area contributed by atoms with Crippen molar-refractivity contribution in [2.45, 2.75) is 57.9 Å². The molecule has 0 aromatic heterocycles. The smallest absolute Gasteiger partial charge is 0.303 e. The molecule has 168 valence electrons. The lowest BCUT2D eigenvalue weighted by molar-refractivity contribution is -0.137. The molecule has 0 bridgehead atoms. The molecule has 0 spiro atoms. The van der Waals surface area contributed by atoms with Crippen LogP contribution in [0.25, 0.3) is 0 Å². The first-order valence-electron chi connectivity index (χ1n) is 11.2. The van der Waals surface area contributed by atoms with Gasteiger partial charge in [-0.3, -0.25) is 4.79 Å². The highest BCUT2D eigenvalue weighted by molar-refractivity contribution is 6.30. The summed E-state index contributed by atoms with van der Waals surface area (Å²) in [6.45, 7) is 6.79. The molecule has 1 saturated heterocycles. The molecule has 1 aliphatic heterocycles. The summed E-state index contributed by atoms with van der Waals surface area (Å²) in [5.74, 6) is -0.780. The highest BCUT2D eigenvalue weighted by Gasteiger charge is 2.24. The minimum absolute atomic E-state index is 0.0139. The molecule has 1 atom stereocenters. The molecule has 0 aliphatic carbocycles. The summed E-state index contributed by atoms with van der Waals surface area (Å²) in [6.07, 6.45) is 3.99. The first-order valence-corrected chi connectivity index (χ1v) is 11.6. The Kier molecular flexibility index (Phi) is 8.61. The van der Waals surface area contributed by atoms with E-state index >= 15 is 0 Å². The van der Waals surface area contributed by atoms with Gasteiger partial charge in [0, 0.05) is 36.5 Å². The van der Waals surface area contributed by atoms with Crippen LogP contribution in [-0.2, 0) is 9.53 Å². The molecule has 1 heterocycles. The summed E-state index contributed by atoms with van der Waals surface area (Å²) in [7, 11) is 0. The van der Waals surface area contributed by atoms with Gasteiger partial charge in [-0.1, -0.05) is 31.5 Å². The number of carbonyl (C=O) groups is 1. The van der Waals surface area contributed by atoms with E-state index in [-0.39, 0.29) is 12.3 Å². The first-order chi connectivity index (χ1) is 15.0. The van der Waals surface area contributed by atoms with E-state index in [1.54, 1.807) is 0 Å².